The van der Waals surface area contributed by atoms with E-state index in [2.05, 4.69) is 5.32 Å². The van der Waals surface area contributed by atoms with E-state index in [4.69, 9.17) is 14.2 Å². The van der Waals surface area contributed by atoms with E-state index in [0.717, 1.165) is 17.1 Å². The first kappa shape index (κ1) is 19.6. The average Bonchev–Trinajstić information content (AvgIpc) is 2.67. The van der Waals surface area contributed by atoms with Crippen molar-refractivity contribution >= 4 is 5.91 Å². The maximum atomic E-state index is 12.6. The fourth-order valence-electron chi connectivity index (χ4n) is 2.55. The summed E-state index contributed by atoms with van der Waals surface area (Å²) in [6.07, 6.45) is 0.0296. The van der Waals surface area contributed by atoms with Crippen molar-refractivity contribution in [3.05, 3.63) is 54.1 Å². The third-order valence-corrected chi connectivity index (χ3v) is 4.05. The zero-order chi connectivity index (χ0) is 18.9. The Balaban J connectivity index is 1.96. The molecule has 0 bridgehead atoms. The van der Waals surface area contributed by atoms with Crippen LogP contribution in [0.4, 0.5) is 0 Å². The molecular formula is C21H27NO4. The van der Waals surface area contributed by atoms with E-state index in [1.807, 2.05) is 57.2 Å². The number of rotatable bonds is 9. The summed E-state index contributed by atoms with van der Waals surface area (Å²) in [6.45, 7) is 6.46. The first-order valence-electron chi connectivity index (χ1n) is 8.91. The van der Waals surface area contributed by atoms with Gasteiger partial charge in [-0.2, -0.15) is 0 Å². The zero-order valence-corrected chi connectivity index (χ0v) is 15.8. The van der Waals surface area contributed by atoms with E-state index in [1.165, 1.54) is 0 Å². The fraction of sp³-hybridized carbons (Fsp3) is 0.381. The second kappa shape index (κ2) is 9.70. The van der Waals surface area contributed by atoms with Gasteiger partial charge in [-0.1, -0.05) is 19.1 Å². The van der Waals surface area contributed by atoms with Gasteiger partial charge in [-0.25, -0.2) is 0 Å². The number of carbonyl (C=O) groups excluding carboxylic acids is 1. The molecule has 0 aliphatic heterocycles. The predicted molar refractivity (Wildman–Crippen MR) is 102 cm³/mol. The number of carbonyl (C=O) groups is 1. The number of ether oxygens (including phenoxy) is 3. The van der Waals surface area contributed by atoms with Gasteiger partial charge < -0.3 is 19.5 Å². The standard InChI is InChI=1S/C21H27NO4/c1-5-20(26-19-13-11-17(24-4)12-14-19)21(23)22-15(3)16-7-9-18(10-8-16)25-6-2/h7-15,20H,5-6H2,1-4H3,(H,22,23)/t15-,20-/m0/s1. The summed E-state index contributed by atoms with van der Waals surface area (Å²) in [6, 6.07) is 14.8. The van der Waals surface area contributed by atoms with Gasteiger partial charge in [-0.05, 0) is 62.2 Å². The summed E-state index contributed by atoms with van der Waals surface area (Å²) in [7, 11) is 1.61. The van der Waals surface area contributed by atoms with E-state index >= 15 is 0 Å². The van der Waals surface area contributed by atoms with Crippen molar-refractivity contribution in [3.8, 4) is 17.2 Å². The Morgan fingerprint density at radius 2 is 1.54 bits per heavy atom. The van der Waals surface area contributed by atoms with Gasteiger partial charge in [0.15, 0.2) is 6.10 Å². The second-order valence-corrected chi connectivity index (χ2v) is 5.92. The van der Waals surface area contributed by atoms with Crippen LogP contribution in [0.2, 0.25) is 0 Å². The molecule has 1 amide bonds. The highest BCUT2D eigenvalue weighted by Crippen LogP contribution is 2.20. The Labute approximate surface area is 155 Å². The van der Waals surface area contributed by atoms with Gasteiger partial charge in [0.05, 0.1) is 19.8 Å². The van der Waals surface area contributed by atoms with Gasteiger partial charge >= 0.3 is 0 Å². The number of benzene rings is 2. The third kappa shape index (κ3) is 5.41. The lowest BCUT2D eigenvalue weighted by molar-refractivity contribution is -0.128. The Hall–Kier alpha value is -2.69. The summed E-state index contributed by atoms with van der Waals surface area (Å²) < 4.78 is 16.4. The van der Waals surface area contributed by atoms with Crippen molar-refractivity contribution < 1.29 is 19.0 Å². The maximum absolute atomic E-state index is 12.6. The topological polar surface area (TPSA) is 56.8 Å². The Kier molecular flexibility index (Phi) is 7.33. The van der Waals surface area contributed by atoms with Crippen molar-refractivity contribution in [3.63, 3.8) is 0 Å². The Morgan fingerprint density at radius 1 is 0.962 bits per heavy atom. The molecule has 0 radical (unpaired) electrons. The van der Waals surface area contributed by atoms with Crippen LogP contribution in [0.3, 0.4) is 0 Å². The molecule has 0 heterocycles. The number of nitrogens with one attached hydrogen (secondary N) is 1. The van der Waals surface area contributed by atoms with E-state index in [-0.39, 0.29) is 11.9 Å². The molecule has 0 saturated heterocycles. The van der Waals surface area contributed by atoms with Crippen LogP contribution in [0.1, 0.15) is 38.8 Å². The van der Waals surface area contributed by atoms with Gasteiger partial charge in [0.25, 0.3) is 5.91 Å². The highest BCUT2D eigenvalue weighted by Gasteiger charge is 2.20. The molecule has 26 heavy (non-hydrogen) atoms. The van der Waals surface area contributed by atoms with Crippen molar-refractivity contribution in [2.24, 2.45) is 0 Å². The Morgan fingerprint density at radius 3 is 2.08 bits per heavy atom. The van der Waals surface area contributed by atoms with E-state index in [0.29, 0.717) is 18.8 Å². The molecule has 2 rings (SSSR count). The van der Waals surface area contributed by atoms with E-state index in [1.54, 1.807) is 19.2 Å². The molecule has 2 aromatic rings. The van der Waals surface area contributed by atoms with Crippen LogP contribution in [0.25, 0.3) is 0 Å². The van der Waals surface area contributed by atoms with Crippen LogP contribution in [0.15, 0.2) is 48.5 Å². The summed E-state index contributed by atoms with van der Waals surface area (Å²) in [5.74, 6) is 2.08. The summed E-state index contributed by atoms with van der Waals surface area (Å²) in [5.41, 5.74) is 1.01. The monoisotopic (exact) mass is 357 g/mol. The molecule has 0 unspecified atom stereocenters. The molecule has 1 N–H and O–H groups in total. The van der Waals surface area contributed by atoms with Gasteiger partial charge in [0.1, 0.15) is 17.2 Å². The second-order valence-electron chi connectivity index (χ2n) is 5.92. The normalized spacial score (nSPS) is 12.8. The van der Waals surface area contributed by atoms with Gasteiger partial charge in [0.2, 0.25) is 0 Å². The summed E-state index contributed by atoms with van der Waals surface area (Å²) >= 11 is 0. The lowest BCUT2D eigenvalue weighted by Crippen LogP contribution is -2.39. The minimum absolute atomic E-state index is 0.119. The number of methoxy groups -OCH3 is 1. The lowest BCUT2D eigenvalue weighted by atomic mass is 10.1. The van der Waals surface area contributed by atoms with Crippen molar-refractivity contribution in [1.82, 2.24) is 5.32 Å². The van der Waals surface area contributed by atoms with Crippen LogP contribution in [-0.4, -0.2) is 25.7 Å². The molecule has 5 heteroatoms. The first-order chi connectivity index (χ1) is 12.6. The van der Waals surface area contributed by atoms with E-state index in [9.17, 15) is 4.79 Å². The molecule has 2 aromatic carbocycles. The average molecular weight is 357 g/mol. The van der Waals surface area contributed by atoms with Gasteiger partial charge in [0, 0.05) is 0 Å². The Bertz CT molecular complexity index is 682. The van der Waals surface area contributed by atoms with Crippen molar-refractivity contribution in [2.75, 3.05) is 13.7 Å². The van der Waals surface area contributed by atoms with Crippen LogP contribution in [-0.2, 0) is 4.79 Å². The fourth-order valence-corrected chi connectivity index (χ4v) is 2.55. The van der Waals surface area contributed by atoms with Crippen molar-refractivity contribution in [2.45, 2.75) is 39.3 Å². The maximum Gasteiger partial charge on any atom is 0.261 e. The quantitative estimate of drug-likeness (QED) is 0.733. The highest BCUT2D eigenvalue weighted by atomic mass is 16.5. The molecule has 140 valence electrons. The predicted octanol–water partition coefficient (Wildman–Crippen LogP) is 4.13. The third-order valence-electron chi connectivity index (χ3n) is 4.05. The molecule has 5 nitrogen and oxygen atoms in total. The van der Waals surface area contributed by atoms with E-state index < -0.39 is 6.10 Å². The van der Waals surface area contributed by atoms with Crippen LogP contribution in [0, 0.1) is 0 Å². The van der Waals surface area contributed by atoms with Crippen LogP contribution < -0.4 is 19.5 Å². The smallest absolute Gasteiger partial charge is 0.261 e. The molecule has 2 atom stereocenters. The highest BCUT2D eigenvalue weighted by molar-refractivity contribution is 5.81. The summed E-state index contributed by atoms with van der Waals surface area (Å²) in [4.78, 5) is 12.6. The van der Waals surface area contributed by atoms with Crippen LogP contribution >= 0.6 is 0 Å². The molecule has 0 aliphatic carbocycles. The van der Waals surface area contributed by atoms with Crippen molar-refractivity contribution in [1.29, 1.82) is 0 Å². The largest absolute Gasteiger partial charge is 0.497 e. The van der Waals surface area contributed by atoms with Crippen LogP contribution in [0.5, 0.6) is 17.2 Å². The molecule has 0 spiro atoms. The summed E-state index contributed by atoms with van der Waals surface area (Å²) in [5, 5.41) is 3.01. The SMILES string of the molecule is CCOc1ccc([C@H](C)NC(=O)[C@H](CC)Oc2ccc(OC)cc2)cc1. The van der Waals surface area contributed by atoms with Gasteiger partial charge in [-0.15, -0.1) is 0 Å². The molecule has 0 aliphatic rings. The lowest BCUT2D eigenvalue weighted by Gasteiger charge is -2.21. The zero-order valence-electron chi connectivity index (χ0n) is 15.8. The molecule has 0 fully saturated rings. The minimum atomic E-state index is -0.548. The van der Waals surface area contributed by atoms with Gasteiger partial charge in [-0.3, -0.25) is 4.79 Å². The molecule has 0 saturated carbocycles. The number of hydrogen-bond donors (Lipinski definition) is 1. The number of hydrogen-bond acceptors (Lipinski definition) is 4. The molecular weight excluding hydrogens is 330 g/mol. The molecule has 0 aromatic heterocycles. The minimum Gasteiger partial charge on any atom is -0.497 e. The number of amides is 1. The first-order valence-corrected chi connectivity index (χ1v) is 8.91.